The number of aromatic nitrogens is 1. The van der Waals surface area contributed by atoms with Crippen LogP contribution < -0.4 is 5.32 Å². The molecule has 2 rings (SSSR count). The van der Waals surface area contributed by atoms with Crippen molar-refractivity contribution in [1.82, 2.24) is 15.2 Å². The molecule has 1 N–H and O–H groups in total. The molecule has 0 aromatic carbocycles. The van der Waals surface area contributed by atoms with E-state index in [0.29, 0.717) is 11.2 Å². The molecular weight excluding hydrogens is 280 g/mol. The normalized spacial score (nSPS) is 20.0. The lowest BCUT2D eigenvalue weighted by Crippen LogP contribution is -2.48. The number of hydrogen-bond acceptors (Lipinski definition) is 3. The topological polar surface area (TPSA) is 40.5 Å². The summed E-state index contributed by atoms with van der Waals surface area (Å²) in [6.45, 7) is 9.48. The number of guanidine groups is 1. The largest absolute Gasteiger partial charge is 0.351 e. The van der Waals surface area contributed by atoms with Crippen molar-refractivity contribution in [2.45, 2.75) is 32.6 Å². The first-order valence-corrected chi connectivity index (χ1v) is 8.64. The fraction of sp³-hybridized carbons (Fsp3) is 0.625. The van der Waals surface area contributed by atoms with Crippen molar-refractivity contribution in [1.29, 1.82) is 0 Å². The summed E-state index contributed by atoms with van der Waals surface area (Å²) < 4.78 is 0. The summed E-state index contributed by atoms with van der Waals surface area (Å²) in [4.78, 5) is 11.3. The van der Waals surface area contributed by atoms with Crippen LogP contribution in [0.2, 0.25) is 0 Å². The molecule has 1 aromatic heterocycles. The molecule has 0 spiro atoms. The predicted molar refractivity (Wildman–Crippen MR) is 91.8 cm³/mol. The Balaban J connectivity index is 1.94. The van der Waals surface area contributed by atoms with E-state index in [4.69, 9.17) is 0 Å². The molecule has 21 heavy (non-hydrogen) atoms. The fourth-order valence-electron chi connectivity index (χ4n) is 2.47. The Hall–Kier alpha value is -1.23. The van der Waals surface area contributed by atoms with Crippen molar-refractivity contribution in [3.05, 3.63) is 29.6 Å². The molecule has 1 aromatic rings. The molecule has 0 radical (unpaired) electrons. The molecule has 1 aliphatic rings. The Labute approximate surface area is 132 Å². The van der Waals surface area contributed by atoms with Crippen LogP contribution in [0.1, 0.15) is 25.2 Å². The molecule has 1 saturated heterocycles. The number of nitrogens with zero attached hydrogens (tertiary/aromatic N) is 3. The Kier molecular flexibility index (Phi) is 5.91. The third-order valence-corrected chi connectivity index (χ3v) is 5.26. The SMILES string of the molecule is CN=C(NCc1cccc(C)n1)N1CCSC(C(C)C)C1. The number of thioether (sulfide) groups is 1. The van der Waals surface area contributed by atoms with Gasteiger partial charge in [0.2, 0.25) is 0 Å². The molecule has 4 nitrogen and oxygen atoms in total. The molecular formula is C16H26N4S. The second-order valence-corrected chi connectivity index (χ2v) is 7.12. The Morgan fingerprint density at radius 1 is 1.52 bits per heavy atom. The van der Waals surface area contributed by atoms with Crippen LogP contribution in [0.15, 0.2) is 23.2 Å². The molecule has 5 heteroatoms. The monoisotopic (exact) mass is 306 g/mol. The predicted octanol–water partition coefficient (Wildman–Crippen LogP) is 2.54. The zero-order valence-corrected chi connectivity index (χ0v) is 14.3. The number of nitrogens with one attached hydrogen (secondary N) is 1. The summed E-state index contributed by atoms with van der Waals surface area (Å²) in [5, 5.41) is 4.14. The number of rotatable bonds is 3. The van der Waals surface area contributed by atoms with Gasteiger partial charge in [-0.25, -0.2) is 0 Å². The van der Waals surface area contributed by atoms with Crippen LogP contribution in [0.5, 0.6) is 0 Å². The van der Waals surface area contributed by atoms with Gasteiger partial charge < -0.3 is 10.2 Å². The van der Waals surface area contributed by atoms with E-state index in [9.17, 15) is 0 Å². The van der Waals surface area contributed by atoms with Crippen molar-refractivity contribution < 1.29 is 0 Å². The fourth-order valence-corrected chi connectivity index (χ4v) is 3.77. The van der Waals surface area contributed by atoms with E-state index in [-0.39, 0.29) is 0 Å². The summed E-state index contributed by atoms with van der Waals surface area (Å²) in [6.07, 6.45) is 0. The van der Waals surface area contributed by atoms with Crippen LogP contribution in [-0.2, 0) is 6.54 Å². The number of pyridine rings is 1. The highest BCUT2D eigenvalue weighted by molar-refractivity contribution is 8.00. The zero-order valence-electron chi connectivity index (χ0n) is 13.5. The molecule has 2 heterocycles. The quantitative estimate of drug-likeness (QED) is 0.688. The number of hydrogen-bond donors (Lipinski definition) is 1. The number of aliphatic imine (C=N–C) groups is 1. The summed E-state index contributed by atoms with van der Waals surface area (Å²) >= 11 is 2.08. The second kappa shape index (κ2) is 7.69. The lowest BCUT2D eigenvalue weighted by molar-refractivity contribution is 0.380. The van der Waals surface area contributed by atoms with Crippen molar-refractivity contribution in [3.8, 4) is 0 Å². The molecule has 116 valence electrons. The summed E-state index contributed by atoms with van der Waals surface area (Å²) in [7, 11) is 1.86. The smallest absolute Gasteiger partial charge is 0.194 e. The van der Waals surface area contributed by atoms with Crippen LogP contribution >= 0.6 is 11.8 Å². The van der Waals surface area contributed by atoms with Crippen molar-refractivity contribution in [2.75, 3.05) is 25.9 Å². The van der Waals surface area contributed by atoms with Crippen LogP contribution in [0.25, 0.3) is 0 Å². The standard InChI is InChI=1S/C16H26N4S/c1-12(2)15-11-20(8-9-21-15)16(17-4)18-10-14-7-5-6-13(3)19-14/h5-7,12,15H,8-11H2,1-4H3,(H,17,18). The number of aryl methyl sites for hydroxylation is 1. The van der Waals surface area contributed by atoms with Gasteiger partial charge in [0.25, 0.3) is 0 Å². The molecule has 0 bridgehead atoms. The second-order valence-electron chi connectivity index (χ2n) is 5.77. The first-order valence-electron chi connectivity index (χ1n) is 7.60. The minimum Gasteiger partial charge on any atom is -0.351 e. The van der Waals surface area contributed by atoms with Gasteiger partial charge in [-0.15, -0.1) is 0 Å². The average Bonchev–Trinajstić information content (AvgIpc) is 2.48. The van der Waals surface area contributed by atoms with Crippen molar-refractivity contribution in [3.63, 3.8) is 0 Å². The highest BCUT2D eigenvalue weighted by atomic mass is 32.2. The third kappa shape index (κ3) is 4.63. The van der Waals surface area contributed by atoms with Crippen molar-refractivity contribution >= 4 is 17.7 Å². The zero-order chi connectivity index (χ0) is 15.2. The van der Waals surface area contributed by atoms with Gasteiger partial charge in [0.15, 0.2) is 5.96 Å². The Bertz CT molecular complexity index is 487. The molecule has 1 atom stereocenters. The molecule has 1 aliphatic heterocycles. The van der Waals surface area contributed by atoms with Gasteiger partial charge in [-0.1, -0.05) is 19.9 Å². The van der Waals surface area contributed by atoms with E-state index in [0.717, 1.165) is 37.0 Å². The van der Waals surface area contributed by atoms with Gasteiger partial charge in [-0.05, 0) is 25.0 Å². The van der Waals surface area contributed by atoms with Gasteiger partial charge in [0, 0.05) is 36.8 Å². The van der Waals surface area contributed by atoms with Gasteiger partial charge >= 0.3 is 0 Å². The maximum atomic E-state index is 4.53. The lowest BCUT2D eigenvalue weighted by Gasteiger charge is -2.36. The van der Waals surface area contributed by atoms with E-state index >= 15 is 0 Å². The van der Waals surface area contributed by atoms with E-state index in [1.807, 2.05) is 20.0 Å². The average molecular weight is 306 g/mol. The van der Waals surface area contributed by atoms with Crippen LogP contribution in [-0.4, -0.2) is 47.0 Å². The van der Waals surface area contributed by atoms with E-state index in [1.165, 1.54) is 5.75 Å². The molecule has 0 amide bonds. The molecule has 0 saturated carbocycles. The van der Waals surface area contributed by atoms with Gasteiger partial charge in [-0.2, -0.15) is 11.8 Å². The van der Waals surface area contributed by atoms with E-state index in [1.54, 1.807) is 0 Å². The molecule has 1 unspecified atom stereocenters. The first kappa shape index (κ1) is 16.1. The molecule has 0 aliphatic carbocycles. The minimum atomic E-state index is 0.689. The maximum absolute atomic E-state index is 4.53. The first-order chi connectivity index (χ1) is 10.1. The van der Waals surface area contributed by atoms with E-state index < -0.39 is 0 Å². The third-order valence-electron chi connectivity index (χ3n) is 3.72. The highest BCUT2D eigenvalue weighted by Crippen LogP contribution is 2.24. The summed E-state index contributed by atoms with van der Waals surface area (Å²) in [6, 6.07) is 6.12. The van der Waals surface area contributed by atoms with Crippen LogP contribution in [0.3, 0.4) is 0 Å². The Morgan fingerprint density at radius 3 is 3.00 bits per heavy atom. The van der Waals surface area contributed by atoms with Gasteiger partial charge in [-0.3, -0.25) is 9.98 Å². The van der Waals surface area contributed by atoms with Crippen LogP contribution in [0.4, 0.5) is 0 Å². The van der Waals surface area contributed by atoms with E-state index in [2.05, 4.69) is 57.9 Å². The van der Waals surface area contributed by atoms with Gasteiger partial charge in [0.1, 0.15) is 0 Å². The Morgan fingerprint density at radius 2 is 2.33 bits per heavy atom. The summed E-state index contributed by atoms with van der Waals surface area (Å²) in [5.74, 6) is 2.87. The van der Waals surface area contributed by atoms with Crippen molar-refractivity contribution in [2.24, 2.45) is 10.9 Å². The maximum Gasteiger partial charge on any atom is 0.194 e. The lowest BCUT2D eigenvalue weighted by atomic mass is 10.1. The molecule has 1 fully saturated rings. The highest BCUT2D eigenvalue weighted by Gasteiger charge is 2.24. The minimum absolute atomic E-state index is 0.689. The van der Waals surface area contributed by atoms with Crippen LogP contribution in [0, 0.1) is 12.8 Å². The van der Waals surface area contributed by atoms with Gasteiger partial charge in [0.05, 0.1) is 12.2 Å². The summed E-state index contributed by atoms with van der Waals surface area (Å²) in [5.41, 5.74) is 2.11.